The predicted octanol–water partition coefficient (Wildman–Crippen LogP) is 6.60. The summed E-state index contributed by atoms with van der Waals surface area (Å²) < 4.78 is 80.7. The van der Waals surface area contributed by atoms with Crippen LogP contribution in [0.25, 0.3) is 16.9 Å². The van der Waals surface area contributed by atoms with Gasteiger partial charge in [-0.3, -0.25) is 4.79 Å². The van der Waals surface area contributed by atoms with E-state index in [1.807, 2.05) is 0 Å². The van der Waals surface area contributed by atoms with Crippen molar-refractivity contribution >= 4 is 45.0 Å². The largest absolute Gasteiger partial charge is 0.390 e. The van der Waals surface area contributed by atoms with E-state index in [1.165, 1.54) is 41.1 Å². The second-order valence-corrected chi connectivity index (χ2v) is 10.9. The van der Waals surface area contributed by atoms with Crippen molar-refractivity contribution in [2.45, 2.75) is 19.5 Å². The van der Waals surface area contributed by atoms with Gasteiger partial charge < -0.3 is 9.50 Å². The molecule has 4 rings (SSSR count). The molecule has 210 valence electrons. The summed E-state index contributed by atoms with van der Waals surface area (Å²) in [6.07, 6.45) is -5.27. The number of pyridine rings is 1. The average molecular weight is 617 g/mol. The number of halogens is 6. The molecule has 1 amide bonds. The van der Waals surface area contributed by atoms with Crippen molar-refractivity contribution in [2.75, 3.05) is 11.1 Å². The predicted molar refractivity (Wildman–Crippen MR) is 141 cm³/mol. The van der Waals surface area contributed by atoms with Gasteiger partial charge in [0.2, 0.25) is 0 Å². The van der Waals surface area contributed by atoms with E-state index in [9.17, 15) is 30.8 Å². The van der Waals surface area contributed by atoms with Gasteiger partial charge in [-0.1, -0.05) is 23.2 Å². The van der Waals surface area contributed by atoms with E-state index in [-0.39, 0.29) is 22.3 Å². The van der Waals surface area contributed by atoms with Crippen molar-refractivity contribution in [1.82, 2.24) is 14.8 Å². The normalized spacial score (nSPS) is 11.9. The Labute approximate surface area is 235 Å². The Morgan fingerprint density at radius 2 is 1.77 bits per heavy atom. The van der Waals surface area contributed by atoms with Crippen LogP contribution in [0, 0.1) is 12.7 Å². The van der Waals surface area contributed by atoms with Gasteiger partial charge in [0.05, 0.1) is 34.8 Å². The van der Waals surface area contributed by atoms with E-state index in [0.717, 1.165) is 12.3 Å². The zero-order valence-electron chi connectivity index (χ0n) is 20.3. The van der Waals surface area contributed by atoms with E-state index in [0.29, 0.717) is 27.5 Å². The van der Waals surface area contributed by atoms with Crippen LogP contribution in [0.4, 0.5) is 23.4 Å². The Kier molecular flexibility index (Phi) is 8.38. The average Bonchev–Trinajstić information content (AvgIpc) is 3.21. The lowest BCUT2D eigenvalue weighted by molar-refractivity contribution is -0.130. The Hall–Kier alpha value is -3.68. The first-order chi connectivity index (χ1) is 18.7. The van der Waals surface area contributed by atoms with Crippen molar-refractivity contribution in [3.05, 3.63) is 87.9 Å². The van der Waals surface area contributed by atoms with Crippen LogP contribution in [-0.2, 0) is 10.1 Å². The molecule has 0 saturated heterocycles. The van der Waals surface area contributed by atoms with Gasteiger partial charge >= 0.3 is 16.3 Å². The number of anilines is 1. The first-order valence-corrected chi connectivity index (χ1v) is 13.6. The second kappa shape index (κ2) is 11.4. The molecule has 2 aromatic carbocycles. The van der Waals surface area contributed by atoms with Crippen LogP contribution in [0.5, 0.6) is 5.75 Å². The molecule has 2 heterocycles. The van der Waals surface area contributed by atoms with Crippen molar-refractivity contribution in [3.8, 4) is 22.7 Å². The first-order valence-electron chi connectivity index (χ1n) is 11.3. The van der Waals surface area contributed by atoms with E-state index in [1.54, 1.807) is 19.1 Å². The first kappa shape index (κ1) is 29.3. The fourth-order valence-corrected chi connectivity index (χ4v) is 5.06. The Balaban J connectivity index is 1.71. The summed E-state index contributed by atoms with van der Waals surface area (Å²) in [6.45, 7) is 1.61. The van der Waals surface area contributed by atoms with Crippen LogP contribution >= 0.6 is 23.2 Å². The maximum Gasteiger partial charge on any atom is 0.390 e. The summed E-state index contributed by atoms with van der Waals surface area (Å²) >= 11 is 12.4. The van der Waals surface area contributed by atoms with Gasteiger partial charge in [0, 0.05) is 16.1 Å². The molecule has 0 unspecified atom stereocenters. The van der Waals surface area contributed by atoms with Crippen LogP contribution < -0.4 is 9.50 Å². The molecule has 2 aromatic heterocycles. The van der Waals surface area contributed by atoms with Crippen LogP contribution in [0.1, 0.15) is 22.5 Å². The molecule has 0 saturated carbocycles. The number of benzene rings is 2. The highest BCUT2D eigenvalue weighted by atomic mass is 35.5. The molecule has 0 aliphatic rings. The number of aromatic nitrogens is 3. The Bertz CT molecular complexity index is 1660. The van der Waals surface area contributed by atoms with E-state index in [2.05, 4.69) is 15.4 Å². The molecular formula is C25H18Cl2F4N4O4S. The third-order valence-electron chi connectivity index (χ3n) is 5.43. The van der Waals surface area contributed by atoms with Crippen LogP contribution in [0.2, 0.25) is 10.0 Å². The van der Waals surface area contributed by atoms with Crippen molar-refractivity contribution in [2.24, 2.45) is 0 Å². The van der Waals surface area contributed by atoms with E-state index >= 15 is 0 Å². The minimum atomic E-state index is -4.66. The third kappa shape index (κ3) is 7.09. The Morgan fingerprint density at radius 3 is 2.38 bits per heavy atom. The molecule has 8 nitrogen and oxygen atoms in total. The molecule has 0 fully saturated rings. The summed E-state index contributed by atoms with van der Waals surface area (Å²) in [5, 5.41) is 7.53. The fourth-order valence-electron chi connectivity index (χ4n) is 3.60. The molecule has 0 radical (unpaired) electrons. The topological polar surface area (TPSA) is 103 Å². The van der Waals surface area contributed by atoms with Crippen molar-refractivity contribution in [1.29, 1.82) is 0 Å². The van der Waals surface area contributed by atoms with E-state index in [4.69, 9.17) is 27.4 Å². The SMILES string of the molecule is Cc1c(C(=O)Nc2ccc(F)cn2)nn(-c2ccc(Cl)cc2Cl)c1-c1ccc(OS(=O)(=O)CCC(F)(F)F)cc1. The van der Waals surface area contributed by atoms with Crippen molar-refractivity contribution < 1.29 is 35.0 Å². The monoisotopic (exact) mass is 616 g/mol. The smallest absolute Gasteiger partial charge is 0.382 e. The van der Waals surface area contributed by atoms with Gasteiger partial charge in [-0.05, 0) is 61.5 Å². The molecular weight excluding hydrogens is 599 g/mol. The second-order valence-electron chi connectivity index (χ2n) is 8.38. The van der Waals surface area contributed by atoms with Crippen LogP contribution in [0.3, 0.4) is 0 Å². The van der Waals surface area contributed by atoms with Gasteiger partial charge in [-0.15, -0.1) is 0 Å². The van der Waals surface area contributed by atoms with Crippen LogP contribution in [-0.4, -0.2) is 41.0 Å². The highest BCUT2D eigenvalue weighted by Crippen LogP contribution is 2.34. The number of hydrogen-bond donors (Lipinski definition) is 1. The summed E-state index contributed by atoms with van der Waals surface area (Å²) in [7, 11) is -4.50. The number of carbonyl (C=O) groups is 1. The molecule has 4 aromatic rings. The molecule has 0 spiro atoms. The number of amides is 1. The lowest BCUT2D eigenvalue weighted by Crippen LogP contribution is -2.20. The highest BCUT2D eigenvalue weighted by Gasteiger charge is 2.31. The summed E-state index contributed by atoms with van der Waals surface area (Å²) in [4.78, 5) is 16.9. The number of nitrogens with one attached hydrogen (secondary N) is 1. The molecule has 1 N–H and O–H groups in total. The van der Waals surface area contributed by atoms with Gasteiger partial charge in [0.1, 0.15) is 17.4 Å². The van der Waals surface area contributed by atoms with E-state index < -0.39 is 40.2 Å². The minimum Gasteiger partial charge on any atom is -0.382 e. The maximum atomic E-state index is 13.2. The van der Waals surface area contributed by atoms with Gasteiger partial charge in [0.25, 0.3) is 5.91 Å². The quantitative estimate of drug-likeness (QED) is 0.177. The van der Waals surface area contributed by atoms with Gasteiger partial charge in [0.15, 0.2) is 5.69 Å². The zero-order valence-corrected chi connectivity index (χ0v) is 22.7. The standard InChI is InChI=1S/C25H18Cl2F4N4O4S/c1-14-22(24(36)33-21-9-5-17(28)13-32-21)34-35(20-8-4-16(26)12-19(20)27)23(14)15-2-6-18(7-3-15)39-40(37,38)11-10-25(29,30)31/h2-9,12-13H,10-11H2,1H3,(H,32,33,36). The van der Waals surface area contributed by atoms with Crippen LogP contribution in [0.15, 0.2) is 60.8 Å². The molecule has 0 bridgehead atoms. The number of carbonyl (C=O) groups excluding carboxylic acids is 1. The molecule has 15 heteroatoms. The molecule has 0 aliphatic heterocycles. The van der Waals surface area contributed by atoms with Crippen molar-refractivity contribution in [3.63, 3.8) is 0 Å². The molecule has 0 atom stereocenters. The fraction of sp³-hybridized carbons (Fsp3) is 0.160. The highest BCUT2D eigenvalue weighted by molar-refractivity contribution is 7.87. The Morgan fingerprint density at radius 1 is 1.07 bits per heavy atom. The number of rotatable bonds is 8. The number of alkyl halides is 3. The van der Waals surface area contributed by atoms with Gasteiger partial charge in [-0.25, -0.2) is 14.1 Å². The molecule has 40 heavy (non-hydrogen) atoms. The minimum absolute atomic E-state index is 0.0257. The van der Waals surface area contributed by atoms with Gasteiger partial charge in [-0.2, -0.15) is 26.7 Å². The summed E-state index contributed by atoms with van der Waals surface area (Å²) in [5.74, 6) is -2.60. The zero-order chi connectivity index (χ0) is 29.2. The lowest BCUT2D eigenvalue weighted by atomic mass is 10.1. The maximum absolute atomic E-state index is 13.2. The lowest BCUT2D eigenvalue weighted by Gasteiger charge is -2.12. The third-order valence-corrected chi connectivity index (χ3v) is 7.12. The summed E-state index contributed by atoms with van der Waals surface area (Å²) in [5.41, 5.74) is 1.54. The number of nitrogens with zero attached hydrogens (tertiary/aromatic N) is 3. The summed E-state index contributed by atoms with van der Waals surface area (Å²) in [6, 6.07) is 12.4. The molecule has 0 aliphatic carbocycles. The number of hydrogen-bond acceptors (Lipinski definition) is 6.